The molecule has 3 aromatic carbocycles. The number of nitrogens with zero attached hydrogens (tertiary/aromatic N) is 1. The number of ether oxygens (including phenoxy) is 1. The van der Waals surface area contributed by atoms with Gasteiger partial charge in [0.2, 0.25) is 0 Å². The van der Waals surface area contributed by atoms with Gasteiger partial charge in [0.05, 0.1) is 17.1 Å². The van der Waals surface area contributed by atoms with E-state index in [2.05, 4.69) is 94.9 Å². The molecule has 0 spiro atoms. The average Bonchev–Trinajstić information content (AvgIpc) is 2.80. The molecule has 2 heteroatoms. The molecular weight excluding hydrogens is 402 g/mol. The van der Waals surface area contributed by atoms with E-state index in [0.29, 0.717) is 0 Å². The van der Waals surface area contributed by atoms with Crippen LogP contribution in [0.15, 0.2) is 0 Å². The molecule has 1 aliphatic rings. The Morgan fingerprint density at radius 3 is 0.879 bits per heavy atom. The lowest BCUT2D eigenvalue weighted by molar-refractivity contribution is 0.467. The van der Waals surface area contributed by atoms with Crippen molar-refractivity contribution in [2.75, 3.05) is 4.90 Å². The largest absolute Gasteiger partial charge is 0.452 e. The van der Waals surface area contributed by atoms with Crippen LogP contribution in [0.1, 0.15) is 72.3 Å². The van der Waals surface area contributed by atoms with E-state index in [1.807, 2.05) is 0 Å². The van der Waals surface area contributed by atoms with Crippen molar-refractivity contribution >= 4 is 17.1 Å². The Kier molecular flexibility index (Phi) is 5.43. The zero-order chi connectivity index (χ0) is 24.7. The van der Waals surface area contributed by atoms with Gasteiger partial charge < -0.3 is 9.64 Å². The van der Waals surface area contributed by atoms with Crippen LogP contribution < -0.4 is 9.64 Å². The zero-order valence-corrected chi connectivity index (χ0v) is 22.9. The molecule has 0 saturated carbocycles. The Hall–Kier alpha value is -2.74. The molecule has 174 valence electrons. The van der Waals surface area contributed by atoms with Crippen LogP contribution in [0, 0.1) is 90.0 Å². The summed E-state index contributed by atoms with van der Waals surface area (Å²) in [6.45, 7) is 29.2. The summed E-state index contributed by atoms with van der Waals surface area (Å²) in [6.07, 6.45) is 0. The SMILES string of the molecule is Cc1c(C)c(C)c(N2c3c(C)c(C)c(C)c(C)c3Oc3c(C)c(C)c(C)c(C)c32)c(C)c1C. The number of hydrogen-bond acceptors (Lipinski definition) is 2. The molecule has 0 aliphatic carbocycles. The van der Waals surface area contributed by atoms with Crippen LogP contribution in [0.4, 0.5) is 17.1 Å². The molecule has 0 saturated heterocycles. The summed E-state index contributed by atoms with van der Waals surface area (Å²) in [6, 6.07) is 0. The van der Waals surface area contributed by atoms with Gasteiger partial charge in [-0.25, -0.2) is 0 Å². The molecule has 0 bridgehead atoms. The van der Waals surface area contributed by atoms with E-state index in [4.69, 9.17) is 4.74 Å². The van der Waals surface area contributed by atoms with E-state index in [-0.39, 0.29) is 0 Å². The van der Waals surface area contributed by atoms with E-state index in [1.54, 1.807) is 0 Å². The minimum atomic E-state index is 1.00. The fourth-order valence-corrected chi connectivity index (χ4v) is 5.56. The summed E-state index contributed by atoms with van der Waals surface area (Å²) in [5.41, 5.74) is 20.9. The van der Waals surface area contributed by atoms with Crippen LogP contribution >= 0.6 is 0 Å². The molecule has 1 aliphatic heterocycles. The molecule has 3 aromatic rings. The first-order valence-corrected chi connectivity index (χ1v) is 12.1. The summed E-state index contributed by atoms with van der Waals surface area (Å²) >= 11 is 0. The maximum atomic E-state index is 6.85. The summed E-state index contributed by atoms with van der Waals surface area (Å²) < 4.78 is 6.85. The molecule has 0 atom stereocenters. The molecular formula is C31H39NO. The van der Waals surface area contributed by atoms with Gasteiger partial charge in [0.25, 0.3) is 0 Å². The first-order valence-electron chi connectivity index (χ1n) is 12.1. The molecule has 0 N–H and O–H groups in total. The molecule has 0 amide bonds. The fraction of sp³-hybridized carbons (Fsp3) is 0.419. The smallest absolute Gasteiger partial charge is 0.155 e. The quantitative estimate of drug-likeness (QED) is 0.292. The van der Waals surface area contributed by atoms with Crippen LogP contribution in [-0.2, 0) is 0 Å². The Labute approximate surface area is 200 Å². The van der Waals surface area contributed by atoms with Crippen molar-refractivity contribution in [3.63, 3.8) is 0 Å². The first kappa shape index (κ1) is 23.4. The highest BCUT2D eigenvalue weighted by atomic mass is 16.5. The summed E-state index contributed by atoms with van der Waals surface area (Å²) in [5, 5.41) is 0. The molecule has 1 heterocycles. The third-order valence-corrected chi connectivity index (χ3v) is 9.03. The van der Waals surface area contributed by atoms with Gasteiger partial charge in [0, 0.05) is 0 Å². The van der Waals surface area contributed by atoms with Gasteiger partial charge in [-0.15, -0.1) is 0 Å². The van der Waals surface area contributed by atoms with Gasteiger partial charge in [-0.3, -0.25) is 0 Å². The lowest BCUT2D eigenvalue weighted by Gasteiger charge is -2.40. The van der Waals surface area contributed by atoms with Crippen molar-refractivity contribution < 1.29 is 4.74 Å². The Balaban J connectivity index is 2.28. The Bertz CT molecular complexity index is 1220. The lowest BCUT2D eigenvalue weighted by Crippen LogP contribution is -2.23. The van der Waals surface area contributed by atoms with Gasteiger partial charge in [0.1, 0.15) is 0 Å². The zero-order valence-electron chi connectivity index (χ0n) is 22.9. The fourth-order valence-electron chi connectivity index (χ4n) is 5.56. The minimum Gasteiger partial charge on any atom is -0.452 e. The second kappa shape index (κ2) is 7.65. The van der Waals surface area contributed by atoms with Crippen LogP contribution in [0.25, 0.3) is 0 Å². The number of hydrogen-bond donors (Lipinski definition) is 0. The van der Waals surface area contributed by atoms with E-state index < -0.39 is 0 Å². The second-order valence-electron chi connectivity index (χ2n) is 10.3. The molecule has 0 unspecified atom stereocenters. The third-order valence-electron chi connectivity index (χ3n) is 9.03. The van der Waals surface area contributed by atoms with E-state index in [1.165, 1.54) is 89.4 Å². The second-order valence-corrected chi connectivity index (χ2v) is 10.3. The van der Waals surface area contributed by atoms with Crippen molar-refractivity contribution in [3.05, 3.63) is 72.3 Å². The Morgan fingerprint density at radius 1 is 0.303 bits per heavy atom. The standard InChI is InChI=1S/C31H39NO/c1-14-15(2)21(8)27(22(9)16(14)3)32-28-23(10)17(4)19(6)25(12)30(28)33-31-26(13)20(7)18(5)24(11)29(31)32/h1-13H3. The molecule has 0 fully saturated rings. The topological polar surface area (TPSA) is 12.5 Å². The summed E-state index contributed by atoms with van der Waals surface area (Å²) in [7, 11) is 0. The van der Waals surface area contributed by atoms with Crippen LogP contribution in [-0.4, -0.2) is 0 Å². The monoisotopic (exact) mass is 441 g/mol. The van der Waals surface area contributed by atoms with Gasteiger partial charge in [-0.05, 0) is 162 Å². The van der Waals surface area contributed by atoms with Gasteiger partial charge >= 0.3 is 0 Å². The van der Waals surface area contributed by atoms with Gasteiger partial charge in [0.15, 0.2) is 11.5 Å². The summed E-state index contributed by atoms with van der Waals surface area (Å²) in [4.78, 5) is 2.54. The lowest BCUT2D eigenvalue weighted by atomic mass is 9.88. The van der Waals surface area contributed by atoms with Gasteiger partial charge in [-0.2, -0.15) is 0 Å². The van der Waals surface area contributed by atoms with E-state index in [0.717, 1.165) is 11.5 Å². The maximum Gasteiger partial charge on any atom is 0.155 e. The van der Waals surface area contributed by atoms with Crippen molar-refractivity contribution in [1.29, 1.82) is 0 Å². The predicted octanol–water partition coefficient (Wildman–Crippen LogP) is 9.27. The van der Waals surface area contributed by atoms with Crippen LogP contribution in [0.3, 0.4) is 0 Å². The summed E-state index contributed by atoms with van der Waals surface area (Å²) in [5.74, 6) is 2.01. The number of benzene rings is 3. The number of anilines is 3. The van der Waals surface area contributed by atoms with E-state index in [9.17, 15) is 0 Å². The molecule has 2 nitrogen and oxygen atoms in total. The van der Waals surface area contributed by atoms with Crippen molar-refractivity contribution in [2.24, 2.45) is 0 Å². The van der Waals surface area contributed by atoms with Crippen molar-refractivity contribution in [1.82, 2.24) is 0 Å². The Morgan fingerprint density at radius 2 is 0.545 bits per heavy atom. The molecule has 0 radical (unpaired) electrons. The minimum absolute atomic E-state index is 1.00. The molecule has 33 heavy (non-hydrogen) atoms. The highest BCUT2D eigenvalue weighted by Gasteiger charge is 2.36. The van der Waals surface area contributed by atoms with Crippen molar-refractivity contribution in [2.45, 2.75) is 90.0 Å². The van der Waals surface area contributed by atoms with E-state index >= 15 is 0 Å². The molecule has 4 rings (SSSR count). The third kappa shape index (κ3) is 2.99. The van der Waals surface area contributed by atoms with Crippen LogP contribution in [0.5, 0.6) is 11.5 Å². The number of fused-ring (bicyclic) bond motifs is 2. The predicted molar refractivity (Wildman–Crippen MR) is 143 cm³/mol. The van der Waals surface area contributed by atoms with Crippen LogP contribution in [0.2, 0.25) is 0 Å². The normalized spacial score (nSPS) is 12.6. The number of rotatable bonds is 1. The van der Waals surface area contributed by atoms with Crippen molar-refractivity contribution in [3.8, 4) is 11.5 Å². The first-order chi connectivity index (χ1) is 15.3. The maximum absolute atomic E-state index is 6.85. The highest BCUT2D eigenvalue weighted by Crippen LogP contribution is 2.58. The average molecular weight is 442 g/mol. The molecule has 0 aromatic heterocycles. The highest BCUT2D eigenvalue weighted by molar-refractivity contribution is 5.94. The van der Waals surface area contributed by atoms with Gasteiger partial charge in [-0.1, -0.05) is 0 Å².